The number of ether oxygens (including phenoxy) is 1. The number of carboxylic acid groups (broad SMARTS) is 1. The Bertz CT molecular complexity index is 631. The minimum Gasteiger partial charge on any atom is -0.481 e. The number of aliphatic carboxylic acids is 1. The van der Waals surface area contributed by atoms with Crippen LogP contribution in [0.1, 0.15) is 30.9 Å². The summed E-state index contributed by atoms with van der Waals surface area (Å²) in [6.45, 7) is 3.15. The van der Waals surface area contributed by atoms with E-state index in [1.54, 1.807) is 19.2 Å². The number of nitrogens with zero attached hydrogens (tertiary/aromatic N) is 3. The maximum atomic E-state index is 11.5. The highest BCUT2D eigenvalue weighted by Gasteiger charge is 2.26. The summed E-state index contributed by atoms with van der Waals surface area (Å²) in [5, 5.41) is 18.4. The molecule has 0 bridgehead atoms. The number of rotatable bonds is 5. The second kappa shape index (κ2) is 7.58. The van der Waals surface area contributed by atoms with Crippen LogP contribution in [0.15, 0.2) is 12.3 Å². The predicted octanol–water partition coefficient (Wildman–Crippen LogP) is 1.36. The summed E-state index contributed by atoms with van der Waals surface area (Å²) in [6, 6.07) is 3.74. The Morgan fingerprint density at radius 3 is 2.74 bits per heavy atom. The maximum Gasteiger partial charge on any atom is 0.310 e. The Hall–Kier alpha value is -2.62. The zero-order valence-electron chi connectivity index (χ0n) is 13.0. The van der Waals surface area contributed by atoms with Crippen LogP contribution in [0, 0.1) is 17.2 Å². The Balaban J connectivity index is 2.10. The van der Waals surface area contributed by atoms with Crippen molar-refractivity contribution in [3.63, 3.8) is 0 Å². The molecule has 0 aromatic carbocycles. The molecule has 1 aliphatic rings. The number of nitriles is 1. The predicted molar refractivity (Wildman–Crippen MR) is 81.9 cm³/mol. The monoisotopic (exact) mass is 317 g/mol. The van der Waals surface area contributed by atoms with Crippen molar-refractivity contribution in [2.24, 2.45) is 5.92 Å². The van der Waals surface area contributed by atoms with E-state index in [2.05, 4.69) is 11.1 Å². The molecule has 0 spiro atoms. The molecule has 2 rings (SSSR count). The average molecular weight is 317 g/mol. The van der Waals surface area contributed by atoms with Gasteiger partial charge in [-0.3, -0.25) is 9.59 Å². The lowest BCUT2D eigenvalue weighted by atomic mass is 9.97. The van der Waals surface area contributed by atoms with Gasteiger partial charge in [-0.2, -0.15) is 5.26 Å². The second-order valence-corrected chi connectivity index (χ2v) is 5.41. The maximum absolute atomic E-state index is 11.5. The molecule has 1 N–H and O–H groups in total. The quantitative estimate of drug-likeness (QED) is 0.818. The van der Waals surface area contributed by atoms with Crippen molar-refractivity contribution < 1.29 is 19.4 Å². The van der Waals surface area contributed by atoms with E-state index in [-0.39, 0.29) is 18.3 Å². The number of hydrogen-bond acceptors (Lipinski definition) is 6. The van der Waals surface area contributed by atoms with Crippen LogP contribution in [-0.2, 0) is 20.7 Å². The second-order valence-electron chi connectivity index (χ2n) is 5.41. The van der Waals surface area contributed by atoms with E-state index in [1.807, 2.05) is 4.90 Å². The first-order valence-electron chi connectivity index (χ1n) is 7.57. The van der Waals surface area contributed by atoms with Gasteiger partial charge in [0, 0.05) is 19.3 Å². The third kappa shape index (κ3) is 4.19. The molecule has 7 heteroatoms. The van der Waals surface area contributed by atoms with Crippen molar-refractivity contribution in [2.75, 3.05) is 24.6 Å². The van der Waals surface area contributed by atoms with Gasteiger partial charge in [0.25, 0.3) is 0 Å². The smallest absolute Gasteiger partial charge is 0.310 e. The molecular weight excluding hydrogens is 298 g/mol. The summed E-state index contributed by atoms with van der Waals surface area (Å²) >= 11 is 0. The zero-order valence-corrected chi connectivity index (χ0v) is 13.0. The fourth-order valence-corrected chi connectivity index (χ4v) is 2.65. The molecule has 1 aromatic heterocycles. The van der Waals surface area contributed by atoms with E-state index in [9.17, 15) is 14.9 Å². The van der Waals surface area contributed by atoms with Crippen LogP contribution in [-0.4, -0.2) is 41.7 Å². The molecule has 23 heavy (non-hydrogen) atoms. The van der Waals surface area contributed by atoms with Crippen molar-refractivity contribution in [2.45, 2.75) is 26.2 Å². The number of hydrogen-bond donors (Lipinski definition) is 1. The molecule has 122 valence electrons. The first kappa shape index (κ1) is 16.7. The minimum atomic E-state index is -0.775. The largest absolute Gasteiger partial charge is 0.481 e. The first-order valence-corrected chi connectivity index (χ1v) is 7.57. The van der Waals surface area contributed by atoms with Gasteiger partial charge in [-0.05, 0) is 31.4 Å². The number of carbonyl (C=O) groups is 2. The fraction of sp³-hybridized carbons (Fsp3) is 0.500. The van der Waals surface area contributed by atoms with Gasteiger partial charge in [-0.25, -0.2) is 4.98 Å². The summed E-state index contributed by atoms with van der Waals surface area (Å²) < 4.78 is 4.88. The summed E-state index contributed by atoms with van der Waals surface area (Å²) in [7, 11) is 0. The normalized spacial score (nSPS) is 15.0. The summed E-state index contributed by atoms with van der Waals surface area (Å²) in [5.41, 5.74) is 1.02. The topological polar surface area (TPSA) is 104 Å². The fourth-order valence-electron chi connectivity index (χ4n) is 2.65. The lowest BCUT2D eigenvalue weighted by Gasteiger charge is -2.31. The molecule has 1 aliphatic heterocycles. The average Bonchev–Trinajstić information content (AvgIpc) is 2.55. The van der Waals surface area contributed by atoms with Gasteiger partial charge in [0.15, 0.2) is 0 Å². The van der Waals surface area contributed by atoms with Crippen molar-refractivity contribution in [1.82, 2.24) is 4.98 Å². The number of anilines is 1. The van der Waals surface area contributed by atoms with Crippen molar-refractivity contribution in [3.05, 3.63) is 23.4 Å². The third-order valence-electron chi connectivity index (χ3n) is 3.84. The third-order valence-corrected chi connectivity index (χ3v) is 3.84. The number of piperidine rings is 1. The zero-order chi connectivity index (χ0) is 16.8. The summed E-state index contributed by atoms with van der Waals surface area (Å²) in [4.78, 5) is 28.7. The van der Waals surface area contributed by atoms with Gasteiger partial charge >= 0.3 is 11.9 Å². The molecule has 1 aromatic rings. The molecule has 0 atom stereocenters. The van der Waals surface area contributed by atoms with Crippen LogP contribution in [0.3, 0.4) is 0 Å². The minimum absolute atomic E-state index is 0.0802. The molecule has 0 unspecified atom stereocenters. The summed E-state index contributed by atoms with van der Waals surface area (Å²) in [5.74, 6) is -0.917. The van der Waals surface area contributed by atoms with E-state index in [0.717, 1.165) is 0 Å². The summed E-state index contributed by atoms with van der Waals surface area (Å²) in [6.07, 6.45) is 2.71. The standard InChI is InChI=1S/C16H19N3O4/c1-2-23-14(20)8-11-7-13(9-17)15(18-10-11)19-5-3-12(4-6-19)16(21)22/h7,10,12H,2-6,8H2,1H3,(H,21,22). The van der Waals surface area contributed by atoms with Crippen molar-refractivity contribution in [1.29, 1.82) is 5.26 Å². The Kier molecular flexibility index (Phi) is 5.52. The number of esters is 1. The molecule has 0 aliphatic carbocycles. The van der Waals surface area contributed by atoms with Gasteiger partial charge in [0.2, 0.25) is 0 Å². The van der Waals surface area contributed by atoms with Gasteiger partial charge in [-0.1, -0.05) is 0 Å². The Labute approximate surface area is 134 Å². The highest BCUT2D eigenvalue weighted by Crippen LogP contribution is 2.25. The highest BCUT2D eigenvalue weighted by atomic mass is 16.5. The number of aromatic nitrogens is 1. The molecule has 2 heterocycles. The molecule has 0 amide bonds. The van der Waals surface area contributed by atoms with Crippen LogP contribution < -0.4 is 4.90 Å². The van der Waals surface area contributed by atoms with E-state index >= 15 is 0 Å². The van der Waals surface area contributed by atoms with Gasteiger partial charge in [0.1, 0.15) is 11.9 Å². The van der Waals surface area contributed by atoms with Crippen molar-refractivity contribution >= 4 is 17.8 Å². The SMILES string of the molecule is CCOC(=O)Cc1cnc(N2CCC(C(=O)O)CC2)c(C#N)c1. The number of pyridine rings is 1. The molecule has 1 fully saturated rings. The van der Waals surface area contributed by atoms with E-state index in [0.29, 0.717) is 49.5 Å². The molecule has 1 saturated heterocycles. The van der Waals surface area contributed by atoms with Crippen LogP contribution in [0.5, 0.6) is 0 Å². The van der Waals surface area contributed by atoms with Gasteiger partial charge < -0.3 is 14.7 Å². The van der Waals surface area contributed by atoms with Crippen molar-refractivity contribution in [3.8, 4) is 6.07 Å². The number of carbonyl (C=O) groups excluding carboxylic acids is 1. The van der Waals surface area contributed by atoms with Crippen LogP contribution in [0.2, 0.25) is 0 Å². The Morgan fingerprint density at radius 1 is 1.48 bits per heavy atom. The molecule has 7 nitrogen and oxygen atoms in total. The lowest BCUT2D eigenvalue weighted by molar-refractivity contribution is -0.143. The molecule has 0 saturated carbocycles. The lowest BCUT2D eigenvalue weighted by Crippen LogP contribution is -2.37. The van der Waals surface area contributed by atoms with E-state index < -0.39 is 5.97 Å². The van der Waals surface area contributed by atoms with Gasteiger partial charge in [0.05, 0.1) is 24.5 Å². The first-order chi connectivity index (χ1) is 11.0. The molecule has 0 radical (unpaired) electrons. The van der Waals surface area contributed by atoms with Crippen LogP contribution >= 0.6 is 0 Å². The Morgan fingerprint density at radius 2 is 2.17 bits per heavy atom. The van der Waals surface area contributed by atoms with E-state index in [4.69, 9.17) is 9.84 Å². The highest BCUT2D eigenvalue weighted by molar-refractivity contribution is 5.73. The number of carboxylic acids is 1. The van der Waals surface area contributed by atoms with Crippen LogP contribution in [0.25, 0.3) is 0 Å². The van der Waals surface area contributed by atoms with Crippen LogP contribution in [0.4, 0.5) is 5.82 Å². The molecular formula is C16H19N3O4. The van der Waals surface area contributed by atoms with E-state index in [1.165, 1.54) is 0 Å². The van der Waals surface area contributed by atoms with Gasteiger partial charge in [-0.15, -0.1) is 0 Å².